The molecule has 0 spiro atoms. The minimum atomic E-state index is -0.214. The van der Waals surface area contributed by atoms with E-state index in [9.17, 15) is 4.79 Å². The van der Waals surface area contributed by atoms with Crippen LogP contribution >= 0.6 is 11.3 Å². The van der Waals surface area contributed by atoms with Gasteiger partial charge in [-0.1, -0.05) is 13.3 Å². The lowest BCUT2D eigenvalue weighted by atomic mass is 9.89. The number of hydrogen-bond acceptors (Lipinski definition) is 4. The summed E-state index contributed by atoms with van der Waals surface area (Å²) in [6, 6.07) is 1.72. The molecule has 1 heterocycles. The first-order chi connectivity index (χ1) is 8.06. The van der Waals surface area contributed by atoms with Gasteiger partial charge in [-0.15, -0.1) is 11.3 Å². The van der Waals surface area contributed by atoms with Gasteiger partial charge in [-0.2, -0.15) is 0 Å². The number of rotatable bonds is 2. The van der Waals surface area contributed by atoms with E-state index in [-0.39, 0.29) is 12.1 Å². The van der Waals surface area contributed by atoms with Crippen molar-refractivity contribution in [1.29, 1.82) is 0 Å². The highest BCUT2D eigenvalue weighted by molar-refractivity contribution is 7.14. The fourth-order valence-electron chi connectivity index (χ4n) is 2.29. The number of aryl methyl sites for hydroxylation is 1. The summed E-state index contributed by atoms with van der Waals surface area (Å²) < 4.78 is 5.53. The van der Waals surface area contributed by atoms with Crippen molar-refractivity contribution in [2.45, 2.75) is 45.6 Å². The fraction of sp³-hybridized carbons (Fsp3) is 0.615. The summed E-state index contributed by atoms with van der Waals surface area (Å²) in [5.41, 5.74) is 6.42. The molecule has 0 aliphatic heterocycles. The molecule has 94 valence electrons. The fourth-order valence-corrected chi connectivity index (χ4v) is 3.12. The van der Waals surface area contributed by atoms with E-state index in [1.807, 2.05) is 6.92 Å². The number of nitrogens with two attached hydrogens (primary N) is 1. The van der Waals surface area contributed by atoms with E-state index in [0.717, 1.165) is 24.1 Å². The Morgan fingerprint density at radius 2 is 2.29 bits per heavy atom. The molecule has 0 amide bonds. The van der Waals surface area contributed by atoms with Crippen molar-refractivity contribution in [1.82, 2.24) is 0 Å². The molecule has 0 bridgehead atoms. The maximum Gasteiger partial charge on any atom is 0.348 e. The standard InChI is InChI=1S/C13H19NO2S/c1-8-4-3-5-10(6-8)16-13(15)12-7-11(14)9(2)17-12/h7-8,10H,3-6,14H2,1-2H3. The number of ether oxygens (including phenoxy) is 1. The van der Waals surface area contributed by atoms with Crippen molar-refractivity contribution in [3.63, 3.8) is 0 Å². The average molecular weight is 253 g/mol. The van der Waals surface area contributed by atoms with Crippen molar-refractivity contribution in [3.8, 4) is 0 Å². The average Bonchev–Trinajstić information content (AvgIpc) is 2.59. The monoisotopic (exact) mass is 253 g/mol. The van der Waals surface area contributed by atoms with Crippen LogP contribution in [0.15, 0.2) is 6.07 Å². The molecular formula is C13H19NO2S. The number of hydrogen-bond donors (Lipinski definition) is 1. The molecule has 1 aromatic rings. The van der Waals surface area contributed by atoms with Gasteiger partial charge in [0.15, 0.2) is 0 Å². The van der Waals surface area contributed by atoms with Gasteiger partial charge < -0.3 is 10.5 Å². The largest absolute Gasteiger partial charge is 0.458 e. The van der Waals surface area contributed by atoms with Crippen LogP contribution in [0.5, 0.6) is 0 Å². The molecule has 0 saturated heterocycles. The molecule has 3 nitrogen and oxygen atoms in total. The van der Waals surface area contributed by atoms with Gasteiger partial charge in [-0.25, -0.2) is 4.79 Å². The van der Waals surface area contributed by atoms with Gasteiger partial charge in [0.05, 0.1) is 0 Å². The predicted molar refractivity (Wildman–Crippen MR) is 70.3 cm³/mol. The first-order valence-electron chi connectivity index (χ1n) is 6.13. The molecule has 1 fully saturated rings. The maximum atomic E-state index is 11.9. The van der Waals surface area contributed by atoms with Crippen molar-refractivity contribution in [2.75, 3.05) is 5.73 Å². The Morgan fingerprint density at radius 3 is 2.88 bits per heavy atom. The summed E-state index contributed by atoms with van der Waals surface area (Å²) >= 11 is 1.41. The molecule has 1 aromatic heterocycles. The maximum absolute atomic E-state index is 11.9. The van der Waals surface area contributed by atoms with Gasteiger partial charge >= 0.3 is 5.97 Å². The lowest BCUT2D eigenvalue weighted by Gasteiger charge is -2.26. The van der Waals surface area contributed by atoms with Crippen LogP contribution in [-0.2, 0) is 4.74 Å². The van der Waals surface area contributed by atoms with Crippen LogP contribution in [0.25, 0.3) is 0 Å². The first kappa shape index (κ1) is 12.4. The molecule has 1 saturated carbocycles. The number of carbonyl (C=O) groups excluding carboxylic acids is 1. The second-order valence-electron chi connectivity index (χ2n) is 4.92. The summed E-state index contributed by atoms with van der Waals surface area (Å²) in [4.78, 5) is 13.5. The van der Waals surface area contributed by atoms with Gasteiger partial charge in [0.2, 0.25) is 0 Å². The van der Waals surface area contributed by atoms with Crippen LogP contribution in [0.3, 0.4) is 0 Å². The molecule has 0 radical (unpaired) electrons. The molecule has 1 aliphatic rings. The van der Waals surface area contributed by atoms with Crippen molar-refractivity contribution in [3.05, 3.63) is 15.8 Å². The Kier molecular flexibility index (Phi) is 3.72. The zero-order chi connectivity index (χ0) is 12.4. The molecule has 2 rings (SSSR count). The third kappa shape index (κ3) is 3.00. The van der Waals surface area contributed by atoms with Crippen LogP contribution < -0.4 is 5.73 Å². The number of carbonyl (C=O) groups is 1. The summed E-state index contributed by atoms with van der Waals surface area (Å²) in [5, 5.41) is 0. The Bertz CT molecular complexity index is 394. The number of nitrogen functional groups attached to an aromatic ring is 1. The van der Waals surface area contributed by atoms with Gasteiger partial charge in [0, 0.05) is 10.6 Å². The Labute approximate surface area is 106 Å². The Balaban J connectivity index is 1.96. The zero-order valence-electron chi connectivity index (χ0n) is 10.4. The van der Waals surface area contributed by atoms with E-state index < -0.39 is 0 Å². The van der Waals surface area contributed by atoms with E-state index in [0.29, 0.717) is 16.5 Å². The van der Waals surface area contributed by atoms with Gasteiger partial charge in [-0.05, 0) is 38.2 Å². The summed E-state index contributed by atoms with van der Waals surface area (Å²) in [5.74, 6) is 0.450. The molecule has 4 heteroatoms. The van der Waals surface area contributed by atoms with E-state index in [1.165, 1.54) is 17.8 Å². The van der Waals surface area contributed by atoms with Crippen LogP contribution in [0.2, 0.25) is 0 Å². The van der Waals surface area contributed by atoms with Crippen LogP contribution in [0, 0.1) is 12.8 Å². The second kappa shape index (κ2) is 5.08. The molecule has 2 atom stereocenters. The Morgan fingerprint density at radius 1 is 1.53 bits per heavy atom. The van der Waals surface area contributed by atoms with Crippen LogP contribution in [-0.4, -0.2) is 12.1 Å². The van der Waals surface area contributed by atoms with Crippen LogP contribution in [0.4, 0.5) is 5.69 Å². The lowest BCUT2D eigenvalue weighted by molar-refractivity contribution is 0.0160. The number of esters is 1. The summed E-state index contributed by atoms with van der Waals surface area (Å²) in [6.45, 7) is 4.13. The summed E-state index contributed by atoms with van der Waals surface area (Å²) in [6.07, 6.45) is 4.49. The van der Waals surface area contributed by atoms with Gasteiger partial charge in [0.1, 0.15) is 11.0 Å². The third-order valence-corrected chi connectivity index (χ3v) is 4.37. The van der Waals surface area contributed by atoms with E-state index in [2.05, 4.69) is 6.92 Å². The van der Waals surface area contributed by atoms with E-state index in [1.54, 1.807) is 6.07 Å². The molecule has 0 aromatic carbocycles. The molecule has 2 N–H and O–H groups in total. The number of anilines is 1. The smallest absolute Gasteiger partial charge is 0.348 e. The first-order valence-corrected chi connectivity index (χ1v) is 6.95. The predicted octanol–water partition coefficient (Wildman–Crippen LogP) is 3.37. The topological polar surface area (TPSA) is 52.3 Å². The molecule has 17 heavy (non-hydrogen) atoms. The minimum Gasteiger partial charge on any atom is -0.458 e. The second-order valence-corrected chi connectivity index (χ2v) is 6.18. The SMILES string of the molecule is Cc1sc(C(=O)OC2CCCC(C)C2)cc1N. The normalized spacial score (nSPS) is 24.6. The van der Waals surface area contributed by atoms with Crippen molar-refractivity contribution >= 4 is 23.0 Å². The van der Waals surface area contributed by atoms with E-state index in [4.69, 9.17) is 10.5 Å². The highest BCUT2D eigenvalue weighted by Crippen LogP contribution is 2.28. The minimum absolute atomic E-state index is 0.0925. The van der Waals surface area contributed by atoms with E-state index >= 15 is 0 Å². The third-order valence-electron chi connectivity index (χ3n) is 3.32. The van der Waals surface area contributed by atoms with Gasteiger partial charge in [-0.3, -0.25) is 0 Å². The Hall–Kier alpha value is -1.03. The zero-order valence-corrected chi connectivity index (χ0v) is 11.2. The molecule has 1 aliphatic carbocycles. The summed E-state index contributed by atoms with van der Waals surface area (Å²) in [7, 11) is 0. The highest BCUT2D eigenvalue weighted by atomic mass is 32.1. The van der Waals surface area contributed by atoms with Crippen molar-refractivity contribution < 1.29 is 9.53 Å². The molecular weight excluding hydrogens is 234 g/mol. The highest BCUT2D eigenvalue weighted by Gasteiger charge is 2.23. The number of thiophene rings is 1. The molecule has 2 unspecified atom stereocenters. The lowest BCUT2D eigenvalue weighted by Crippen LogP contribution is -2.24. The van der Waals surface area contributed by atoms with Crippen molar-refractivity contribution in [2.24, 2.45) is 5.92 Å². The van der Waals surface area contributed by atoms with Crippen LogP contribution in [0.1, 0.15) is 47.2 Å². The quantitative estimate of drug-likeness (QED) is 0.822. The van der Waals surface area contributed by atoms with Gasteiger partial charge in [0.25, 0.3) is 0 Å².